The number of nitrogens with zero attached hydrogens (tertiary/aromatic N) is 2. The summed E-state index contributed by atoms with van der Waals surface area (Å²) in [6, 6.07) is 4.03. The molecular weight excluding hydrogens is 355 g/mol. The number of carbonyl (C=O) groups excluding carboxylic acids is 1. The largest absolute Gasteiger partial charge is 0.343 e. The van der Waals surface area contributed by atoms with Crippen molar-refractivity contribution in [1.82, 2.24) is 14.8 Å². The Morgan fingerprint density at radius 2 is 2.29 bits per heavy atom. The highest BCUT2D eigenvalue weighted by molar-refractivity contribution is 8.00. The first-order valence-electron chi connectivity index (χ1n) is 7.50. The van der Waals surface area contributed by atoms with Crippen LogP contribution in [0.5, 0.6) is 0 Å². The lowest BCUT2D eigenvalue weighted by Crippen LogP contribution is -2.24. The summed E-state index contributed by atoms with van der Waals surface area (Å²) in [5.74, 6) is -0.994. The maximum atomic E-state index is 13.7. The molecule has 1 aromatic carbocycles. The number of amides is 1. The minimum absolute atomic E-state index is 0.0576. The summed E-state index contributed by atoms with van der Waals surface area (Å²) >= 11 is 6.82. The summed E-state index contributed by atoms with van der Waals surface area (Å²) in [4.78, 5) is 24.0. The smallest absolute Gasteiger partial charge is 0.323 e. The fourth-order valence-corrected chi connectivity index (χ4v) is 2.98. The highest BCUT2D eigenvalue weighted by Gasteiger charge is 2.20. The first-order valence-corrected chi connectivity index (χ1v) is 8.76. The van der Waals surface area contributed by atoms with Gasteiger partial charge in [0.2, 0.25) is 5.91 Å². The minimum atomic E-state index is -0.604. The third kappa shape index (κ3) is 4.61. The quantitative estimate of drug-likeness (QED) is 0.731. The number of hydrogen-bond acceptors (Lipinski definition) is 4. The van der Waals surface area contributed by atoms with Crippen LogP contribution in [0.3, 0.4) is 0 Å². The number of thioether (sulfide) groups is 1. The van der Waals surface area contributed by atoms with Crippen LogP contribution in [0.15, 0.2) is 28.2 Å². The van der Waals surface area contributed by atoms with Gasteiger partial charge in [-0.15, -0.1) is 5.10 Å². The summed E-state index contributed by atoms with van der Waals surface area (Å²) < 4.78 is 15.2. The van der Waals surface area contributed by atoms with Gasteiger partial charge in [-0.25, -0.2) is 14.3 Å². The van der Waals surface area contributed by atoms with Crippen molar-refractivity contribution in [3.63, 3.8) is 0 Å². The second kappa shape index (κ2) is 8.34. The van der Waals surface area contributed by atoms with Crippen molar-refractivity contribution in [2.24, 2.45) is 0 Å². The maximum Gasteiger partial charge on any atom is 0.343 e. The molecule has 1 heterocycles. The Labute approximate surface area is 147 Å². The first-order chi connectivity index (χ1) is 11.4. The van der Waals surface area contributed by atoms with Gasteiger partial charge in [-0.05, 0) is 31.5 Å². The number of unbranched alkanes of at least 4 members (excludes halogenated alkanes) is 1. The van der Waals surface area contributed by atoms with Gasteiger partial charge in [-0.2, -0.15) is 0 Å². The van der Waals surface area contributed by atoms with Crippen molar-refractivity contribution >= 4 is 35.0 Å². The van der Waals surface area contributed by atoms with Gasteiger partial charge in [-0.1, -0.05) is 36.7 Å². The number of halogens is 2. The van der Waals surface area contributed by atoms with Gasteiger partial charge in [0.1, 0.15) is 5.82 Å². The van der Waals surface area contributed by atoms with E-state index in [4.69, 9.17) is 11.6 Å². The van der Waals surface area contributed by atoms with Crippen molar-refractivity contribution in [3.8, 4) is 0 Å². The number of carbonyl (C=O) groups is 1. The lowest BCUT2D eigenvalue weighted by Gasteiger charge is -2.12. The zero-order chi connectivity index (χ0) is 17.7. The van der Waals surface area contributed by atoms with Crippen molar-refractivity contribution in [2.45, 2.75) is 43.6 Å². The monoisotopic (exact) mass is 372 g/mol. The number of nitrogens with one attached hydrogen (secondary N) is 2. The lowest BCUT2D eigenvalue weighted by molar-refractivity contribution is -0.115. The third-order valence-electron chi connectivity index (χ3n) is 3.30. The summed E-state index contributed by atoms with van der Waals surface area (Å²) in [6.45, 7) is 4.22. The first kappa shape index (κ1) is 18.5. The number of aromatic nitrogens is 3. The zero-order valence-electron chi connectivity index (χ0n) is 13.3. The molecule has 0 aliphatic rings. The van der Waals surface area contributed by atoms with Gasteiger partial charge < -0.3 is 5.32 Å². The Bertz CT molecular complexity index is 777. The molecule has 0 aliphatic carbocycles. The summed E-state index contributed by atoms with van der Waals surface area (Å²) in [5, 5.41) is 8.97. The molecule has 6 nitrogen and oxygen atoms in total. The molecule has 0 aliphatic heterocycles. The second-order valence-corrected chi connectivity index (χ2v) is 6.93. The highest BCUT2D eigenvalue weighted by atomic mass is 35.5. The van der Waals surface area contributed by atoms with E-state index >= 15 is 0 Å². The molecule has 0 fully saturated rings. The molecule has 0 bridgehead atoms. The number of hydrogen-bond donors (Lipinski definition) is 2. The van der Waals surface area contributed by atoms with Crippen LogP contribution >= 0.6 is 23.4 Å². The molecular formula is C15H18ClFN4O2S. The van der Waals surface area contributed by atoms with Gasteiger partial charge in [0, 0.05) is 11.6 Å². The van der Waals surface area contributed by atoms with Crippen LogP contribution in [0.4, 0.5) is 10.1 Å². The number of benzene rings is 1. The van der Waals surface area contributed by atoms with Gasteiger partial charge in [-0.3, -0.25) is 9.36 Å². The van der Waals surface area contributed by atoms with Crippen molar-refractivity contribution in [3.05, 3.63) is 39.5 Å². The van der Waals surface area contributed by atoms with Crippen LogP contribution in [0.25, 0.3) is 0 Å². The van der Waals surface area contributed by atoms with Gasteiger partial charge in [0.05, 0.1) is 10.9 Å². The number of rotatable bonds is 7. The van der Waals surface area contributed by atoms with E-state index in [-0.39, 0.29) is 16.4 Å². The zero-order valence-corrected chi connectivity index (χ0v) is 14.9. The van der Waals surface area contributed by atoms with Gasteiger partial charge in [0.15, 0.2) is 5.16 Å². The molecule has 130 valence electrons. The van der Waals surface area contributed by atoms with E-state index < -0.39 is 17.0 Å². The Morgan fingerprint density at radius 1 is 1.54 bits per heavy atom. The Hall–Kier alpha value is -1.80. The predicted octanol–water partition coefficient (Wildman–Crippen LogP) is 3.28. The molecule has 0 spiro atoms. The number of aromatic amines is 1. The van der Waals surface area contributed by atoms with E-state index in [0.717, 1.165) is 30.7 Å². The Balaban J connectivity index is 2.05. The summed E-state index contributed by atoms with van der Waals surface area (Å²) in [7, 11) is 0. The van der Waals surface area contributed by atoms with E-state index in [1.807, 2.05) is 6.92 Å². The minimum Gasteiger partial charge on any atom is -0.323 e. The highest BCUT2D eigenvalue weighted by Crippen LogP contribution is 2.23. The van der Waals surface area contributed by atoms with Crippen LogP contribution < -0.4 is 11.0 Å². The Morgan fingerprint density at radius 3 is 2.96 bits per heavy atom. The van der Waals surface area contributed by atoms with Gasteiger partial charge in [0.25, 0.3) is 0 Å². The standard InChI is InChI=1S/C15H18ClFN4O2S/c1-3-4-7-21-14(23)19-20-15(21)24-9(2)13(22)18-12-6-5-10(16)8-11(12)17/h5-6,8-9H,3-4,7H2,1-2H3,(H,18,22)(H,19,23)/t9-/m1/s1. The van der Waals surface area contributed by atoms with E-state index in [9.17, 15) is 14.0 Å². The van der Waals surface area contributed by atoms with E-state index in [2.05, 4.69) is 15.5 Å². The molecule has 2 aromatic rings. The van der Waals surface area contributed by atoms with E-state index in [1.165, 1.54) is 16.7 Å². The summed E-state index contributed by atoms with van der Waals surface area (Å²) in [5.41, 5.74) is -0.246. The molecule has 1 atom stereocenters. The van der Waals surface area contributed by atoms with Crippen molar-refractivity contribution in [2.75, 3.05) is 5.32 Å². The SMILES string of the molecule is CCCCn1c(S[C@H](C)C(=O)Nc2ccc(Cl)cc2F)n[nH]c1=O. The van der Waals surface area contributed by atoms with Crippen molar-refractivity contribution in [1.29, 1.82) is 0 Å². The van der Waals surface area contributed by atoms with E-state index in [1.54, 1.807) is 6.92 Å². The third-order valence-corrected chi connectivity index (χ3v) is 4.62. The second-order valence-electron chi connectivity index (χ2n) is 5.19. The van der Waals surface area contributed by atoms with Crippen molar-refractivity contribution < 1.29 is 9.18 Å². The average Bonchev–Trinajstić information content (AvgIpc) is 2.88. The number of anilines is 1. The molecule has 9 heteroatoms. The maximum absolute atomic E-state index is 13.7. The Kier molecular flexibility index (Phi) is 6.44. The summed E-state index contributed by atoms with van der Waals surface area (Å²) in [6.07, 6.45) is 1.77. The van der Waals surface area contributed by atoms with Crippen LogP contribution in [-0.4, -0.2) is 25.9 Å². The van der Waals surface area contributed by atoms with Crippen LogP contribution in [0.1, 0.15) is 26.7 Å². The molecule has 1 amide bonds. The fourth-order valence-electron chi connectivity index (χ4n) is 1.94. The van der Waals surface area contributed by atoms with E-state index in [0.29, 0.717) is 11.7 Å². The van der Waals surface area contributed by atoms with Crippen LogP contribution in [-0.2, 0) is 11.3 Å². The van der Waals surface area contributed by atoms with Crippen LogP contribution in [0.2, 0.25) is 5.02 Å². The average molecular weight is 373 g/mol. The molecule has 2 rings (SSSR count). The molecule has 0 radical (unpaired) electrons. The predicted molar refractivity (Wildman–Crippen MR) is 93.1 cm³/mol. The molecule has 24 heavy (non-hydrogen) atoms. The molecule has 1 aromatic heterocycles. The molecule has 0 saturated heterocycles. The molecule has 0 unspecified atom stereocenters. The molecule has 0 saturated carbocycles. The van der Waals surface area contributed by atoms with Gasteiger partial charge >= 0.3 is 5.69 Å². The fraction of sp³-hybridized carbons (Fsp3) is 0.400. The lowest BCUT2D eigenvalue weighted by atomic mass is 10.3. The topological polar surface area (TPSA) is 79.8 Å². The van der Waals surface area contributed by atoms with Crippen LogP contribution in [0, 0.1) is 5.82 Å². The number of H-pyrrole nitrogens is 1. The normalized spacial score (nSPS) is 12.2. The molecule has 2 N–H and O–H groups in total.